The lowest BCUT2D eigenvalue weighted by Crippen LogP contribution is -2.55. The maximum Gasteiger partial charge on any atom is 0.255 e. The molecule has 2 aliphatic rings. The van der Waals surface area contributed by atoms with Crippen molar-refractivity contribution in [2.75, 3.05) is 11.9 Å². The van der Waals surface area contributed by atoms with Crippen molar-refractivity contribution in [1.82, 2.24) is 5.32 Å². The molecule has 12 heteroatoms. The summed E-state index contributed by atoms with van der Waals surface area (Å²) >= 11 is 6.28. The highest BCUT2D eigenvalue weighted by atomic mass is 35.5. The standard InChI is InChI=1S/C27H31ClF2N2O6S/c1-14-7-17-10-19(12-20(14)27(17,36)13-31-25(34)8-15(2)33)39(37,38)24-9-16(3-5-21(24)28)26(35)32-18-4-6-22(29)23(30)11-18/h3-6,9,11,14-15,17,19-20,33,36H,7-8,10,12-13H2,1-2H3,(H,31,34)(H,32,35)/t14-,15-,17?,19?,20?,27+/m0/s1. The van der Waals surface area contributed by atoms with Crippen LogP contribution in [0.15, 0.2) is 41.3 Å². The number of anilines is 1. The molecule has 2 bridgehead atoms. The molecular weight excluding hydrogens is 554 g/mol. The van der Waals surface area contributed by atoms with Crippen molar-refractivity contribution in [1.29, 1.82) is 0 Å². The van der Waals surface area contributed by atoms with Crippen LogP contribution in [0, 0.1) is 29.4 Å². The first-order chi connectivity index (χ1) is 18.2. The highest BCUT2D eigenvalue weighted by Gasteiger charge is 2.58. The lowest BCUT2D eigenvalue weighted by Gasteiger charge is -2.43. The van der Waals surface area contributed by atoms with E-state index >= 15 is 0 Å². The summed E-state index contributed by atoms with van der Waals surface area (Å²) in [5.41, 5.74) is -1.32. The largest absolute Gasteiger partial charge is 0.393 e. The van der Waals surface area contributed by atoms with Crippen LogP contribution in [0.5, 0.6) is 0 Å². The Balaban J connectivity index is 1.53. The maximum absolute atomic E-state index is 13.8. The number of hydrogen-bond acceptors (Lipinski definition) is 6. The molecule has 3 unspecified atom stereocenters. The number of carbonyl (C=O) groups excluding carboxylic acids is 2. The van der Waals surface area contributed by atoms with Crippen molar-refractivity contribution in [3.05, 3.63) is 58.6 Å². The summed E-state index contributed by atoms with van der Waals surface area (Å²) in [7, 11) is -4.03. The molecule has 0 spiro atoms. The van der Waals surface area contributed by atoms with Crippen molar-refractivity contribution in [2.45, 2.75) is 61.4 Å². The molecule has 4 rings (SSSR count). The average molecular weight is 585 g/mol. The number of rotatable bonds is 8. The van der Waals surface area contributed by atoms with Gasteiger partial charge in [-0.1, -0.05) is 18.5 Å². The number of amides is 2. The Hall–Kier alpha value is -2.60. The summed E-state index contributed by atoms with van der Waals surface area (Å²) in [5, 5.41) is 25.1. The van der Waals surface area contributed by atoms with Crippen molar-refractivity contribution in [2.24, 2.45) is 17.8 Å². The van der Waals surface area contributed by atoms with E-state index in [-0.39, 0.29) is 52.9 Å². The number of carbonyl (C=O) groups is 2. The third-order valence-electron chi connectivity index (χ3n) is 7.92. The molecule has 2 aromatic carbocycles. The summed E-state index contributed by atoms with van der Waals surface area (Å²) in [6.45, 7) is 3.40. The average Bonchev–Trinajstić information content (AvgIpc) is 2.97. The molecule has 0 heterocycles. The third kappa shape index (κ3) is 5.96. The molecule has 212 valence electrons. The monoisotopic (exact) mass is 584 g/mol. The fourth-order valence-corrected chi connectivity index (χ4v) is 8.35. The molecule has 2 amide bonds. The number of aliphatic hydroxyl groups excluding tert-OH is 1. The number of hydrogen-bond donors (Lipinski definition) is 4. The van der Waals surface area contributed by atoms with Gasteiger partial charge in [0, 0.05) is 23.9 Å². The highest BCUT2D eigenvalue weighted by molar-refractivity contribution is 7.92. The minimum Gasteiger partial charge on any atom is -0.393 e. The minimum absolute atomic E-state index is 0.00377. The fraction of sp³-hybridized carbons (Fsp3) is 0.481. The molecule has 0 aromatic heterocycles. The molecule has 2 aromatic rings. The Labute approximate surface area is 230 Å². The number of halogens is 3. The highest BCUT2D eigenvalue weighted by Crippen LogP contribution is 2.54. The molecule has 6 atom stereocenters. The van der Waals surface area contributed by atoms with Gasteiger partial charge in [-0.2, -0.15) is 0 Å². The van der Waals surface area contributed by atoms with Crippen molar-refractivity contribution in [3.63, 3.8) is 0 Å². The van der Waals surface area contributed by atoms with E-state index in [0.29, 0.717) is 6.42 Å². The summed E-state index contributed by atoms with van der Waals surface area (Å²) in [4.78, 5) is 24.6. The van der Waals surface area contributed by atoms with E-state index in [4.69, 9.17) is 11.6 Å². The SMILES string of the molecule is C[C@H](O)CC(=O)NC[C@@]1(O)C2CC(S(=O)(=O)c3cc(C(=O)Nc4ccc(F)c(F)c4)ccc3Cl)CC1[C@@H](C)C2. The van der Waals surface area contributed by atoms with Gasteiger partial charge in [-0.05, 0) is 74.3 Å². The zero-order chi connectivity index (χ0) is 28.7. The lowest BCUT2D eigenvalue weighted by atomic mass is 9.73. The van der Waals surface area contributed by atoms with Crippen LogP contribution in [0.3, 0.4) is 0 Å². The Morgan fingerprint density at radius 3 is 2.49 bits per heavy atom. The molecule has 2 fully saturated rings. The van der Waals surface area contributed by atoms with Gasteiger partial charge in [0.15, 0.2) is 21.5 Å². The first-order valence-electron chi connectivity index (χ1n) is 12.7. The second-order valence-corrected chi connectivity index (χ2v) is 13.3. The van der Waals surface area contributed by atoms with Gasteiger partial charge >= 0.3 is 0 Å². The van der Waals surface area contributed by atoms with Gasteiger partial charge in [0.1, 0.15) is 0 Å². The number of benzene rings is 2. The van der Waals surface area contributed by atoms with Crippen molar-refractivity contribution < 1.29 is 37.0 Å². The van der Waals surface area contributed by atoms with Gasteiger partial charge in [-0.25, -0.2) is 17.2 Å². The van der Waals surface area contributed by atoms with Gasteiger partial charge in [-0.15, -0.1) is 0 Å². The quantitative estimate of drug-likeness (QED) is 0.374. The number of aliphatic hydroxyl groups is 2. The number of nitrogens with one attached hydrogen (secondary N) is 2. The minimum atomic E-state index is -4.03. The van der Waals surface area contributed by atoms with Gasteiger partial charge in [0.25, 0.3) is 5.91 Å². The normalized spacial score (nSPS) is 27.2. The van der Waals surface area contributed by atoms with Crippen LogP contribution in [0.2, 0.25) is 5.02 Å². The van der Waals surface area contributed by atoms with E-state index in [1.165, 1.54) is 25.1 Å². The Morgan fingerprint density at radius 2 is 1.85 bits per heavy atom. The van der Waals surface area contributed by atoms with Gasteiger partial charge in [-0.3, -0.25) is 9.59 Å². The molecule has 2 saturated carbocycles. The smallest absolute Gasteiger partial charge is 0.255 e. The topological polar surface area (TPSA) is 133 Å². The van der Waals surface area contributed by atoms with Crippen LogP contribution in [-0.2, 0) is 14.6 Å². The fourth-order valence-electron chi connectivity index (χ4n) is 5.97. The van der Waals surface area contributed by atoms with Gasteiger partial charge in [0.05, 0.1) is 33.3 Å². The van der Waals surface area contributed by atoms with E-state index in [1.54, 1.807) is 0 Å². The predicted molar refractivity (Wildman–Crippen MR) is 141 cm³/mol. The van der Waals surface area contributed by atoms with E-state index in [9.17, 15) is 37.0 Å². The Morgan fingerprint density at radius 1 is 1.13 bits per heavy atom. The Kier molecular flexibility index (Phi) is 8.37. The third-order valence-corrected chi connectivity index (χ3v) is 10.6. The van der Waals surface area contributed by atoms with Crippen LogP contribution in [0.4, 0.5) is 14.5 Å². The molecule has 2 aliphatic carbocycles. The summed E-state index contributed by atoms with van der Waals surface area (Å²) in [6, 6.07) is 6.64. The predicted octanol–water partition coefficient (Wildman–Crippen LogP) is 3.70. The van der Waals surface area contributed by atoms with Crippen LogP contribution < -0.4 is 10.6 Å². The van der Waals surface area contributed by atoms with Crippen molar-refractivity contribution >= 4 is 38.9 Å². The van der Waals surface area contributed by atoms with Crippen LogP contribution in [-0.4, -0.2) is 53.9 Å². The van der Waals surface area contributed by atoms with E-state index < -0.39 is 62.1 Å². The number of fused-ring (bicyclic) bond motifs is 2. The van der Waals surface area contributed by atoms with Crippen molar-refractivity contribution in [3.8, 4) is 0 Å². The summed E-state index contributed by atoms with van der Waals surface area (Å²) in [6.07, 6.45) is -0.0474. The van der Waals surface area contributed by atoms with Crippen LogP contribution in [0.25, 0.3) is 0 Å². The molecule has 0 radical (unpaired) electrons. The van der Waals surface area contributed by atoms with Gasteiger partial charge in [0.2, 0.25) is 5.91 Å². The first-order valence-corrected chi connectivity index (χ1v) is 14.6. The summed E-state index contributed by atoms with van der Waals surface area (Å²) < 4.78 is 54.3. The van der Waals surface area contributed by atoms with Gasteiger partial charge < -0.3 is 20.8 Å². The lowest BCUT2D eigenvalue weighted by molar-refractivity contribution is -0.126. The van der Waals surface area contributed by atoms with E-state index in [1.807, 2.05) is 6.92 Å². The second kappa shape index (κ2) is 11.1. The van der Waals surface area contributed by atoms with E-state index in [2.05, 4.69) is 10.6 Å². The molecule has 39 heavy (non-hydrogen) atoms. The second-order valence-electron chi connectivity index (χ2n) is 10.7. The molecule has 0 saturated heterocycles. The molecular formula is C27H31ClF2N2O6S. The Bertz CT molecular complexity index is 1390. The van der Waals surface area contributed by atoms with E-state index in [0.717, 1.165) is 18.2 Å². The van der Waals surface area contributed by atoms with Crippen LogP contribution in [0.1, 0.15) is 49.9 Å². The maximum atomic E-state index is 13.8. The zero-order valence-electron chi connectivity index (χ0n) is 21.5. The molecule has 8 nitrogen and oxygen atoms in total. The zero-order valence-corrected chi connectivity index (χ0v) is 23.0. The molecule has 0 aliphatic heterocycles. The summed E-state index contributed by atoms with van der Waals surface area (Å²) in [5.74, 6) is -4.12. The van der Waals surface area contributed by atoms with Crippen LogP contribution >= 0.6 is 11.6 Å². The number of sulfone groups is 1. The molecule has 4 N–H and O–H groups in total. The first kappa shape index (κ1) is 29.4.